The molecule has 27 heavy (non-hydrogen) atoms. The van der Waals surface area contributed by atoms with Gasteiger partial charge in [0.15, 0.2) is 11.6 Å². The molecule has 0 unspecified atom stereocenters. The second-order valence-corrected chi connectivity index (χ2v) is 7.16. The number of hydrogen-bond donors (Lipinski definition) is 1. The second kappa shape index (κ2) is 8.35. The van der Waals surface area contributed by atoms with E-state index in [0.717, 1.165) is 12.8 Å². The fourth-order valence-electron chi connectivity index (χ4n) is 3.24. The van der Waals surface area contributed by atoms with E-state index in [1.165, 1.54) is 6.92 Å². The minimum Gasteiger partial charge on any atom is -0.324 e. The van der Waals surface area contributed by atoms with Crippen molar-refractivity contribution in [1.29, 1.82) is 0 Å². The van der Waals surface area contributed by atoms with Gasteiger partial charge in [-0.2, -0.15) is 0 Å². The van der Waals surface area contributed by atoms with Gasteiger partial charge in [0, 0.05) is 40.8 Å². The lowest BCUT2D eigenvalue weighted by Gasteiger charge is -2.32. The number of amides is 2. The number of hydrogen-bond acceptors (Lipinski definition) is 3. The lowest BCUT2D eigenvalue weighted by atomic mass is 9.90. The van der Waals surface area contributed by atoms with E-state index in [0.29, 0.717) is 34.9 Å². The predicted molar refractivity (Wildman–Crippen MR) is 106 cm³/mol. The summed E-state index contributed by atoms with van der Waals surface area (Å²) in [5.41, 5.74) is 1.72. The van der Waals surface area contributed by atoms with Crippen LogP contribution in [0.3, 0.4) is 0 Å². The Labute approximate surface area is 163 Å². The van der Waals surface area contributed by atoms with Crippen LogP contribution >= 0.6 is 11.6 Å². The van der Waals surface area contributed by atoms with Gasteiger partial charge in [0.25, 0.3) is 0 Å². The molecule has 1 atom stereocenters. The first-order valence-electron chi connectivity index (χ1n) is 8.91. The maximum atomic E-state index is 12.7. The Bertz CT molecular complexity index is 864. The Morgan fingerprint density at radius 2 is 1.81 bits per heavy atom. The van der Waals surface area contributed by atoms with Crippen LogP contribution in [0.2, 0.25) is 5.02 Å². The maximum Gasteiger partial charge on any atom is 0.321 e. The van der Waals surface area contributed by atoms with Crippen molar-refractivity contribution in [3.05, 3.63) is 64.7 Å². The van der Waals surface area contributed by atoms with Gasteiger partial charge >= 0.3 is 6.03 Å². The largest absolute Gasteiger partial charge is 0.324 e. The fourth-order valence-corrected chi connectivity index (χ4v) is 3.37. The molecule has 1 saturated heterocycles. The standard InChI is InChI=1S/C21H21ClN2O3/c1-14(25)16-4-2-6-19(12-16)23-21(27)24-11-3-5-17(13-24)20(26)15-7-9-18(22)10-8-15/h2,4,6-10,12,17H,3,5,11,13H2,1H3,(H,23,27)/t17-/m0/s1. The molecule has 1 heterocycles. The monoisotopic (exact) mass is 384 g/mol. The van der Waals surface area contributed by atoms with Crippen LogP contribution in [0.25, 0.3) is 0 Å². The van der Waals surface area contributed by atoms with Gasteiger partial charge in [-0.05, 0) is 56.2 Å². The zero-order chi connectivity index (χ0) is 19.4. The minimum absolute atomic E-state index is 0.0303. The van der Waals surface area contributed by atoms with Crippen molar-refractivity contribution in [2.24, 2.45) is 5.92 Å². The van der Waals surface area contributed by atoms with E-state index in [1.807, 2.05) is 0 Å². The van der Waals surface area contributed by atoms with E-state index < -0.39 is 0 Å². The molecule has 0 spiro atoms. The third kappa shape index (κ3) is 4.74. The van der Waals surface area contributed by atoms with Crippen molar-refractivity contribution in [2.75, 3.05) is 18.4 Å². The number of Topliss-reactive ketones (excluding diaryl/α,β-unsaturated/α-hetero) is 2. The SMILES string of the molecule is CC(=O)c1cccc(NC(=O)N2CCC[C@H](C(=O)c3ccc(Cl)cc3)C2)c1. The highest BCUT2D eigenvalue weighted by Gasteiger charge is 2.29. The molecule has 1 N–H and O–H groups in total. The lowest BCUT2D eigenvalue weighted by molar-refractivity contribution is 0.0851. The van der Waals surface area contributed by atoms with E-state index in [1.54, 1.807) is 53.4 Å². The number of piperidine rings is 1. The Morgan fingerprint density at radius 1 is 1.07 bits per heavy atom. The van der Waals surface area contributed by atoms with Gasteiger partial charge in [-0.25, -0.2) is 4.79 Å². The summed E-state index contributed by atoms with van der Waals surface area (Å²) in [6, 6.07) is 13.4. The van der Waals surface area contributed by atoms with Crippen LogP contribution in [0.5, 0.6) is 0 Å². The summed E-state index contributed by atoms with van der Waals surface area (Å²) >= 11 is 5.88. The number of urea groups is 1. The first-order valence-corrected chi connectivity index (χ1v) is 9.28. The quantitative estimate of drug-likeness (QED) is 0.779. The minimum atomic E-state index is -0.260. The number of nitrogens with zero attached hydrogens (tertiary/aromatic N) is 1. The third-order valence-electron chi connectivity index (χ3n) is 4.73. The number of ketones is 2. The molecule has 0 bridgehead atoms. The van der Waals surface area contributed by atoms with Gasteiger partial charge in [0.2, 0.25) is 0 Å². The number of likely N-dealkylation sites (tertiary alicyclic amines) is 1. The summed E-state index contributed by atoms with van der Waals surface area (Å²) in [5.74, 6) is -0.255. The van der Waals surface area contributed by atoms with Crippen molar-refractivity contribution in [3.63, 3.8) is 0 Å². The molecule has 0 aromatic heterocycles. The summed E-state index contributed by atoms with van der Waals surface area (Å²) in [6.07, 6.45) is 1.52. The molecule has 0 saturated carbocycles. The number of anilines is 1. The van der Waals surface area contributed by atoms with Crippen molar-refractivity contribution in [1.82, 2.24) is 4.90 Å². The first-order chi connectivity index (χ1) is 12.9. The van der Waals surface area contributed by atoms with E-state index in [2.05, 4.69) is 5.32 Å². The highest BCUT2D eigenvalue weighted by atomic mass is 35.5. The maximum absolute atomic E-state index is 12.7. The number of halogens is 1. The average Bonchev–Trinajstić information content (AvgIpc) is 2.68. The number of nitrogens with one attached hydrogen (secondary N) is 1. The first kappa shape index (κ1) is 19.1. The third-order valence-corrected chi connectivity index (χ3v) is 4.98. The summed E-state index contributed by atoms with van der Waals surface area (Å²) in [6.45, 7) is 2.46. The normalized spacial score (nSPS) is 16.7. The van der Waals surface area contributed by atoms with Gasteiger partial charge in [0.1, 0.15) is 0 Å². The van der Waals surface area contributed by atoms with E-state index >= 15 is 0 Å². The number of carbonyl (C=O) groups excluding carboxylic acids is 3. The molecule has 140 valence electrons. The van der Waals surface area contributed by atoms with Crippen LogP contribution in [0.15, 0.2) is 48.5 Å². The van der Waals surface area contributed by atoms with Crippen molar-refractivity contribution >= 4 is 34.9 Å². The molecular formula is C21H21ClN2O3. The molecule has 6 heteroatoms. The van der Waals surface area contributed by atoms with Crippen LogP contribution in [0, 0.1) is 5.92 Å². The average molecular weight is 385 g/mol. The highest BCUT2D eigenvalue weighted by Crippen LogP contribution is 2.23. The van der Waals surface area contributed by atoms with Crippen molar-refractivity contribution in [3.8, 4) is 0 Å². The van der Waals surface area contributed by atoms with Gasteiger partial charge in [-0.1, -0.05) is 23.7 Å². The molecule has 5 nitrogen and oxygen atoms in total. The smallest absolute Gasteiger partial charge is 0.321 e. The molecule has 2 amide bonds. The summed E-state index contributed by atoms with van der Waals surface area (Å²) in [4.78, 5) is 38.5. The zero-order valence-electron chi connectivity index (χ0n) is 15.1. The Morgan fingerprint density at radius 3 is 2.52 bits per heavy atom. The predicted octanol–water partition coefficient (Wildman–Crippen LogP) is 4.67. The van der Waals surface area contributed by atoms with E-state index in [-0.39, 0.29) is 23.5 Å². The van der Waals surface area contributed by atoms with Crippen LogP contribution in [0.4, 0.5) is 10.5 Å². The fraction of sp³-hybridized carbons (Fsp3) is 0.286. The van der Waals surface area contributed by atoms with Crippen LogP contribution < -0.4 is 5.32 Å². The number of benzene rings is 2. The van der Waals surface area contributed by atoms with Crippen molar-refractivity contribution in [2.45, 2.75) is 19.8 Å². The van der Waals surface area contributed by atoms with Gasteiger partial charge < -0.3 is 10.2 Å². The van der Waals surface area contributed by atoms with E-state index in [9.17, 15) is 14.4 Å². The molecule has 1 fully saturated rings. The zero-order valence-corrected chi connectivity index (χ0v) is 15.8. The molecule has 2 aromatic carbocycles. The van der Waals surface area contributed by atoms with Gasteiger partial charge in [-0.3, -0.25) is 9.59 Å². The van der Waals surface area contributed by atoms with Gasteiger partial charge in [-0.15, -0.1) is 0 Å². The number of rotatable bonds is 4. The molecule has 1 aliphatic heterocycles. The molecule has 3 rings (SSSR count). The van der Waals surface area contributed by atoms with Crippen LogP contribution in [-0.2, 0) is 0 Å². The molecular weight excluding hydrogens is 364 g/mol. The topological polar surface area (TPSA) is 66.5 Å². The summed E-state index contributed by atoms with van der Waals surface area (Å²) in [5, 5.41) is 3.41. The van der Waals surface area contributed by atoms with Gasteiger partial charge in [0.05, 0.1) is 0 Å². The Kier molecular flexibility index (Phi) is 5.91. The molecule has 0 aliphatic carbocycles. The van der Waals surface area contributed by atoms with Crippen molar-refractivity contribution < 1.29 is 14.4 Å². The number of carbonyl (C=O) groups is 3. The summed E-state index contributed by atoms with van der Waals surface area (Å²) < 4.78 is 0. The Balaban J connectivity index is 1.66. The second-order valence-electron chi connectivity index (χ2n) is 6.72. The molecule has 2 aromatic rings. The Hall–Kier alpha value is -2.66. The molecule has 1 aliphatic rings. The highest BCUT2D eigenvalue weighted by molar-refractivity contribution is 6.30. The lowest BCUT2D eigenvalue weighted by Crippen LogP contribution is -2.44. The van der Waals surface area contributed by atoms with Crippen LogP contribution in [0.1, 0.15) is 40.5 Å². The van der Waals surface area contributed by atoms with E-state index in [4.69, 9.17) is 11.6 Å². The summed E-state index contributed by atoms with van der Waals surface area (Å²) in [7, 11) is 0. The molecule has 0 radical (unpaired) electrons. The van der Waals surface area contributed by atoms with Crippen LogP contribution in [-0.4, -0.2) is 35.6 Å².